The van der Waals surface area contributed by atoms with E-state index in [-0.39, 0.29) is 37.6 Å². The lowest BCUT2D eigenvalue weighted by molar-refractivity contribution is -0.120. The van der Waals surface area contributed by atoms with Crippen LogP contribution in [0, 0.1) is 12.7 Å². The van der Waals surface area contributed by atoms with Crippen LogP contribution in [0.3, 0.4) is 0 Å². The Kier molecular flexibility index (Phi) is 3.96. The van der Waals surface area contributed by atoms with Gasteiger partial charge in [-0.1, -0.05) is 0 Å². The Bertz CT molecular complexity index is 646. The van der Waals surface area contributed by atoms with E-state index in [9.17, 15) is 17.6 Å². The number of benzene rings is 1. The van der Waals surface area contributed by atoms with Gasteiger partial charge in [-0.15, -0.1) is 0 Å². The van der Waals surface area contributed by atoms with Crippen molar-refractivity contribution in [1.82, 2.24) is 9.62 Å². The van der Waals surface area contributed by atoms with Gasteiger partial charge in [0.1, 0.15) is 10.7 Å². The second-order valence-electron chi connectivity index (χ2n) is 4.64. The van der Waals surface area contributed by atoms with Crippen molar-refractivity contribution in [2.75, 3.05) is 25.4 Å². The maximum atomic E-state index is 13.9. The van der Waals surface area contributed by atoms with Crippen LogP contribution in [0.15, 0.2) is 17.0 Å². The van der Waals surface area contributed by atoms with Crippen molar-refractivity contribution in [3.63, 3.8) is 0 Å². The Morgan fingerprint density at radius 1 is 1.35 bits per heavy atom. The molecule has 110 valence electrons. The van der Waals surface area contributed by atoms with E-state index >= 15 is 0 Å². The summed E-state index contributed by atoms with van der Waals surface area (Å²) in [6.45, 7) is 1.95. The second kappa shape index (κ2) is 5.37. The predicted octanol–water partition coefficient (Wildman–Crippen LogP) is 0.227. The number of rotatable bonds is 2. The highest BCUT2D eigenvalue weighted by atomic mass is 32.2. The van der Waals surface area contributed by atoms with Crippen LogP contribution in [0.2, 0.25) is 0 Å². The molecule has 6 nitrogen and oxygen atoms in total. The fourth-order valence-corrected chi connectivity index (χ4v) is 3.51. The highest BCUT2D eigenvalue weighted by Gasteiger charge is 2.29. The normalized spacial score (nSPS) is 17.6. The molecule has 8 heteroatoms. The van der Waals surface area contributed by atoms with Crippen LogP contribution in [0.4, 0.5) is 10.1 Å². The van der Waals surface area contributed by atoms with Crippen molar-refractivity contribution in [1.29, 1.82) is 0 Å². The lowest BCUT2D eigenvalue weighted by Crippen LogP contribution is -2.34. The molecule has 1 aromatic rings. The van der Waals surface area contributed by atoms with E-state index in [1.165, 1.54) is 0 Å². The third kappa shape index (κ3) is 2.75. The Balaban J connectivity index is 2.39. The van der Waals surface area contributed by atoms with Gasteiger partial charge in [0, 0.05) is 31.7 Å². The first-order chi connectivity index (χ1) is 9.32. The maximum Gasteiger partial charge on any atom is 0.246 e. The predicted molar refractivity (Wildman–Crippen MR) is 71.9 cm³/mol. The molecule has 0 saturated carbocycles. The molecule has 0 aromatic heterocycles. The Labute approximate surface area is 116 Å². The summed E-state index contributed by atoms with van der Waals surface area (Å²) in [5, 5.41) is 2.57. The number of carbonyl (C=O) groups is 1. The van der Waals surface area contributed by atoms with E-state index in [1.807, 2.05) is 0 Å². The monoisotopic (exact) mass is 301 g/mol. The summed E-state index contributed by atoms with van der Waals surface area (Å²) < 4.78 is 39.9. The maximum absolute atomic E-state index is 13.9. The molecular weight excluding hydrogens is 285 g/mol. The lowest BCUT2D eigenvalue weighted by atomic mass is 10.2. The molecule has 1 saturated heterocycles. The number of nitrogens with one attached hydrogen (secondary N) is 1. The average molecular weight is 301 g/mol. The molecule has 1 amide bonds. The largest absolute Gasteiger partial charge is 0.398 e. The molecule has 1 aliphatic rings. The number of sulfonamides is 1. The van der Waals surface area contributed by atoms with Crippen LogP contribution in [-0.2, 0) is 14.8 Å². The Morgan fingerprint density at radius 2 is 2.05 bits per heavy atom. The molecule has 3 N–H and O–H groups in total. The number of carbonyl (C=O) groups excluding carboxylic acids is 1. The van der Waals surface area contributed by atoms with Crippen LogP contribution in [-0.4, -0.2) is 38.3 Å². The topological polar surface area (TPSA) is 92.5 Å². The fourth-order valence-electron chi connectivity index (χ4n) is 1.99. The van der Waals surface area contributed by atoms with Gasteiger partial charge >= 0.3 is 0 Å². The standard InChI is InChI=1S/C12H16FN3O3S/c1-8-6-9(13)11(7-10(8)14)20(18,19)16-4-2-12(17)15-3-5-16/h6-7H,2-5,14H2,1H3,(H,15,17). The molecule has 20 heavy (non-hydrogen) atoms. The van der Waals surface area contributed by atoms with Gasteiger partial charge in [-0.25, -0.2) is 12.8 Å². The quantitative estimate of drug-likeness (QED) is 0.765. The van der Waals surface area contributed by atoms with Crippen molar-refractivity contribution in [2.24, 2.45) is 0 Å². The summed E-state index contributed by atoms with van der Waals surface area (Å²) in [5.41, 5.74) is 6.35. The first-order valence-corrected chi connectivity index (χ1v) is 7.59. The Hall–Kier alpha value is -1.67. The zero-order chi connectivity index (χ0) is 14.9. The van der Waals surface area contributed by atoms with Crippen molar-refractivity contribution in [3.8, 4) is 0 Å². The zero-order valence-corrected chi connectivity index (χ0v) is 11.8. The van der Waals surface area contributed by atoms with Gasteiger partial charge in [0.2, 0.25) is 15.9 Å². The number of amides is 1. The molecule has 0 unspecified atom stereocenters. The van der Waals surface area contributed by atoms with E-state index in [0.717, 1.165) is 16.4 Å². The van der Waals surface area contributed by atoms with Crippen LogP contribution < -0.4 is 11.1 Å². The van der Waals surface area contributed by atoms with E-state index in [1.54, 1.807) is 6.92 Å². The summed E-state index contributed by atoms with van der Waals surface area (Å²) in [4.78, 5) is 10.8. The number of aryl methyl sites for hydroxylation is 1. The molecule has 0 bridgehead atoms. The van der Waals surface area contributed by atoms with Gasteiger partial charge in [-0.3, -0.25) is 4.79 Å². The zero-order valence-electron chi connectivity index (χ0n) is 11.0. The minimum absolute atomic E-state index is 0.0292. The minimum Gasteiger partial charge on any atom is -0.398 e. The number of hydrogen-bond acceptors (Lipinski definition) is 4. The van der Waals surface area contributed by atoms with Crippen LogP contribution in [0.25, 0.3) is 0 Å². The molecule has 0 spiro atoms. The van der Waals surface area contributed by atoms with Crippen molar-refractivity contribution in [2.45, 2.75) is 18.2 Å². The van der Waals surface area contributed by atoms with Crippen molar-refractivity contribution in [3.05, 3.63) is 23.5 Å². The van der Waals surface area contributed by atoms with Crippen LogP contribution >= 0.6 is 0 Å². The molecule has 2 rings (SSSR count). The molecule has 1 aromatic carbocycles. The van der Waals surface area contributed by atoms with E-state index < -0.39 is 20.7 Å². The lowest BCUT2D eigenvalue weighted by Gasteiger charge is -2.20. The molecule has 0 aliphatic carbocycles. The van der Waals surface area contributed by atoms with Gasteiger partial charge < -0.3 is 11.1 Å². The molecular formula is C12H16FN3O3S. The van der Waals surface area contributed by atoms with E-state index in [2.05, 4.69) is 5.32 Å². The average Bonchev–Trinajstić information content (AvgIpc) is 2.59. The van der Waals surface area contributed by atoms with Gasteiger partial charge in [0.15, 0.2) is 0 Å². The first-order valence-electron chi connectivity index (χ1n) is 6.15. The van der Waals surface area contributed by atoms with Crippen molar-refractivity contribution < 1.29 is 17.6 Å². The summed E-state index contributed by atoms with van der Waals surface area (Å²) in [7, 11) is -3.99. The number of hydrogen-bond donors (Lipinski definition) is 2. The molecule has 0 radical (unpaired) electrons. The number of nitrogens with zero attached hydrogens (tertiary/aromatic N) is 1. The van der Waals surface area contributed by atoms with Crippen molar-refractivity contribution >= 4 is 21.6 Å². The molecule has 0 atom stereocenters. The summed E-state index contributed by atoms with van der Waals surface area (Å²) >= 11 is 0. The highest BCUT2D eigenvalue weighted by Crippen LogP contribution is 2.24. The van der Waals surface area contributed by atoms with Crippen LogP contribution in [0.1, 0.15) is 12.0 Å². The third-order valence-electron chi connectivity index (χ3n) is 3.21. The fraction of sp³-hybridized carbons (Fsp3) is 0.417. The third-order valence-corrected chi connectivity index (χ3v) is 5.12. The van der Waals surface area contributed by atoms with Gasteiger partial charge in [-0.05, 0) is 24.6 Å². The number of halogens is 1. The summed E-state index contributed by atoms with van der Waals surface area (Å²) in [5.74, 6) is -1.05. The molecule has 1 aliphatic heterocycles. The summed E-state index contributed by atoms with van der Waals surface area (Å²) in [6, 6.07) is 2.23. The second-order valence-corrected chi connectivity index (χ2v) is 6.55. The highest BCUT2D eigenvalue weighted by molar-refractivity contribution is 7.89. The first kappa shape index (κ1) is 14.7. The van der Waals surface area contributed by atoms with Crippen LogP contribution in [0.5, 0.6) is 0 Å². The summed E-state index contributed by atoms with van der Waals surface area (Å²) in [6.07, 6.45) is 0.0577. The number of anilines is 1. The molecule has 1 fully saturated rings. The smallest absolute Gasteiger partial charge is 0.246 e. The Morgan fingerprint density at radius 3 is 2.75 bits per heavy atom. The minimum atomic E-state index is -3.99. The van der Waals surface area contributed by atoms with Gasteiger partial charge in [0.05, 0.1) is 0 Å². The number of nitrogens with two attached hydrogens (primary N) is 1. The van der Waals surface area contributed by atoms with E-state index in [4.69, 9.17) is 5.73 Å². The molecule has 1 heterocycles. The van der Waals surface area contributed by atoms with E-state index in [0.29, 0.717) is 5.56 Å². The number of nitrogen functional groups attached to an aromatic ring is 1. The van der Waals surface area contributed by atoms with Gasteiger partial charge in [0.25, 0.3) is 0 Å². The SMILES string of the molecule is Cc1cc(F)c(S(=O)(=O)N2CCNC(=O)CC2)cc1N. The van der Waals surface area contributed by atoms with Gasteiger partial charge in [-0.2, -0.15) is 4.31 Å².